The molecular weight excluding hydrogens is 549 g/mol. The van der Waals surface area contributed by atoms with Crippen LogP contribution in [0.25, 0.3) is 44.5 Å². The van der Waals surface area contributed by atoms with Crippen LogP contribution in [0.5, 0.6) is 5.75 Å². The predicted octanol–water partition coefficient (Wildman–Crippen LogP) is 8.66. The molecule has 1 aliphatic carbocycles. The van der Waals surface area contributed by atoms with Crippen LogP contribution in [-0.2, 0) is 16.5 Å². The average Bonchev–Trinajstić information content (AvgIpc) is 3.35. The first kappa shape index (κ1) is 28.1. The van der Waals surface area contributed by atoms with E-state index in [1.807, 2.05) is 12.1 Å². The molecule has 0 fully saturated rings. The van der Waals surface area contributed by atoms with Gasteiger partial charge in [0.05, 0.1) is 7.11 Å². The zero-order valence-corrected chi connectivity index (χ0v) is 22.7. The van der Waals surface area contributed by atoms with Crippen molar-refractivity contribution in [3.63, 3.8) is 0 Å². The van der Waals surface area contributed by atoms with E-state index in [1.165, 1.54) is 55.6 Å². The summed E-state index contributed by atoms with van der Waals surface area (Å²) in [6.07, 6.45) is 0.957. The molecular formula is C33H25F3O4S. The maximum atomic E-state index is 10.7. The van der Waals surface area contributed by atoms with Crippen molar-refractivity contribution in [3.05, 3.63) is 126 Å². The highest BCUT2D eigenvalue weighted by Crippen LogP contribution is 2.50. The standard InChI is InChI=1S/C32H24O.CHF3O3S/c1-33-26-18-16-22(17-19-26)28-21-29-27-15-9-8-14-25(27)20-30(29)32(24-12-6-3-7-13-24)31(28)23-10-4-2-5-11-23;2-1(3,4)8(5,6)7/h2-19,21H,20H2,1H3;(H,5,6,7). The highest BCUT2D eigenvalue weighted by atomic mass is 32.2. The number of ether oxygens (including phenoxy) is 1. The van der Waals surface area contributed by atoms with Crippen molar-refractivity contribution in [2.45, 2.75) is 11.9 Å². The lowest BCUT2D eigenvalue weighted by atomic mass is 9.82. The van der Waals surface area contributed by atoms with Gasteiger partial charge in [-0.25, -0.2) is 0 Å². The summed E-state index contributed by atoms with van der Waals surface area (Å²) in [6.45, 7) is 0. The topological polar surface area (TPSA) is 63.6 Å². The van der Waals surface area contributed by atoms with Gasteiger partial charge in [-0.2, -0.15) is 21.6 Å². The van der Waals surface area contributed by atoms with Gasteiger partial charge in [-0.15, -0.1) is 0 Å². The number of hydrogen-bond donors (Lipinski definition) is 1. The van der Waals surface area contributed by atoms with E-state index in [0.717, 1.165) is 12.2 Å². The Morgan fingerprint density at radius 1 is 0.659 bits per heavy atom. The van der Waals surface area contributed by atoms with Crippen molar-refractivity contribution in [3.8, 4) is 50.3 Å². The Morgan fingerprint density at radius 3 is 1.71 bits per heavy atom. The summed E-state index contributed by atoms with van der Waals surface area (Å²) >= 11 is 0. The summed E-state index contributed by atoms with van der Waals surface area (Å²) in [7, 11) is -4.13. The van der Waals surface area contributed by atoms with Gasteiger partial charge in [-0.1, -0.05) is 97.1 Å². The summed E-state index contributed by atoms with van der Waals surface area (Å²) in [5.41, 5.74) is 7.53. The summed E-state index contributed by atoms with van der Waals surface area (Å²) in [5.74, 6) is 0.870. The van der Waals surface area contributed by atoms with Crippen LogP contribution in [0.2, 0.25) is 0 Å². The Labute approximate surface area is 236 Å². The van der Waals surface area contributed by atoms with E-state index in [2.05, 4.69) is 103 Å². The number of alkyl halides is 3. The van der Waals surface area contributed by atoms with Crippen LogP contribution >= 0.6 is 0 Å². The van der Waals surface area contributed by atoms with Crippen molar-refractivity contribution < 1.29 is 30.9 Å². The molecule has 41 heavy (non-hydrogen) atoms. The Bertz CT molecular complexity index is 1780. The third kappa shape index (κ3) is 5.75. The number of benzene rings is 5. The second-order valence-corrected chi connectivity index (χ2v) is 10.8. The molecule has 208 valence electrons. The zero-order chi connectivity index (χ0) is 29.2. The van der Waals surface area contributed by atoms with E-state index < -0.39 is 15.6 Å². The summed E-state index contributed by atoms with van der Waals surface area (Å²) in [4.78, 5) is 0. The van der Waals surface area contributed by atoms with Crippen molar-refractivity contribution in [2.24, 2.45) is 0 Å². The number of fused-ring (bicyclic) bond motifs is 3. The van der Waals surface area contributed by atoms with Crippen LogP contribution in [0.4, 0.5) is 13.2 Å². The smallest absolute Gasteiger partial charge is 0.497 e. The molecule has 0 unspecified atom stereocenters. The van der Waals surface area contributed by atoms with Crippen LogP contribution < -0.4 is 4.74 Å². The molecule has 6 rings (SSSR count). The van der Waals surface area contributed by atoms with Gasteiger partial charge in [0.1, 0.15) is 5.75 Å². The highest BCUT2D eigenvalue weighted by Gasteiger charge is 2.44. The first-order valence-corrected chi connectivity index (χ1v) is 14.1. The minimum Gasteiger partial charge on any atom is -0.497 e. The van der Waals surface area contributed by atoms with Crippen LogP contribution in [0.3, 0.4) is 0 Å². The largest absolute Gasteiger partial charge is 0.522 e. The van der Waals surface area contributed by atoms with Crippen LogP contribution in [0.15, 0.2) is 115 Å². The lowest BCUT2D eigenvalue weighted by Crippen LogP contribution is -2.21. The van der Waals surface area contributed by atoms with Gasteiger partial charge in [0.2, 0.25) is 0 Å². The van der Waals surface area contributed by atoms with Crippen molar-refractivity contribution in [2.75, 3.05) is 7.11 Å². The molecule has 8 heteroatoms. The summed E-state index contributed by atoms with van der Waals surface area (Å²) < 4.78 is 63.0. The van der Waals surface area contributed by atoms with E-state index in [1.54, 1.807) is 7.11 Å². The molecule has 0 atom stereocenters. The molecule has 5 aromatic carbocycles. The second kappa shape index (κ2) is 11.2. The van der Waals surface area contributed by atoms with E-state index in [9.17, 15) is 13.2 Å². The molecule has 0 aliphatic heterocycles. The van der Waals surface area contributed by atoms with Crippen molar-refractivity contribution in [1.82, 2.24) is 0 Å². The SMILES string of the molecule is COc1ccc(-c2cc3c(c(-c4ccccc4)c2-c2ccccc2)Cc2ccccc2-3)cc1.O=S(=O)(O)C(F)(F)F. The Hall–Kier alpha value is -4.40. The molecule has 0 aromatic heterocycles. The molecule has 0 saturated heterocycles. The predicted molar refractivity (Wildman–Crippen MR) is 155 cm³/mol. The molecule has 0 spiro atoms. The molecule has 0 radical (unpaired) electrons. The van der Waals surface area contributed by atoms with Crippen LogP contribution in [0, 0.1) is 0 Å². The first-order chi connectivity index (χ1) is 19.6. The van der Waals surface area contributed by atoms with Crippen molar-refractivity contribution >= 4 is 10.1 Å². The molecule has 0 bridgehead atoms. The monoisotopic (exact) mass is 574 g/mol. The van der Waals surface area contributed by atoms with Gasteiger partial charge in [0, 0.05) is 0 Å². The third-order valence-corrected chi connectivity index (χ3v) is 7.51. The molecule has 0 heterocycles. The van der Waals surface area contributed by atoms with E-state index in [-0.39, 0.29) is 0 Å². The Morgan fingerprint density at radius 2 is 1.17 bits per heavy atom. The van der Waals surface area contributed by atoms with Gasteiger partial charge in [-0.3, -0.25) is 4.55 Å². The third-order valence-electron chi connectivity index (χ3n) is 6.93. The van der Waals surface area contributed by atoms with E-state index in [0.29, 0.717) is 0 Å². The molecule has 0 amide bonds. The van der Waals surface area contributed by atoms with Gasteiger partial charge in [0.25, 0.3) is 0 Å². The van der Waals surface area contributed by atoms with Crippen molar-refractivity contribution in [1.29, 1.82) is 0 Å². The quantitative estimate of drug-likeness (QED) is 0.169. The fourth-order valence-electron chi connectivity index (χ4n) is 5.10. The minimum absolute atomic E-state index is 0.870. The van der Waals surface area contributed by atoms with E-state index in [4.69, 9.17) is 17.7 Å². The fourth-order valence-corrected chi connectivity index (χ4v) is 5.10. The Kier molecular flexibility index (Phi) is 7.71. The maximum absolute atomic E-state index is 10.7. The summed E-state index contributed by atoms with van der Waals surface area (Å²) in [6, 6.07) is 41.3. The number of methoxy groups -OCH3 is 1. The van der Waals surface area contributed by atoms with Gasteiger partial charge in [0.15, 0.2) is 0 Å². The normalized spacial score (nSPS) is 12.1. The molecule has 4 nitrogen and oxygen atoms in total. The maximum Gasteiger partial charge on any atom is 0.522 e. The molecule has 5 aromatic rings. The lowest BCUT2D eigenvalue weighted by molar-refractivity contribution is -0.0510. The van der Waals surface area contributed by atoms with Gasteiger partial charge in [-0.05, 0) is 80.3 Å². The first-order valence-electron chi connectivity index (χ1n) is 12.7. The number of hydrogen-bond acceptors (Lipinski definition) is 3. The molecule has 0 saturated carbocycles. The van der Waals surface area contributed by atoms with Gasteiger partial charge >= 0.3 is 15.6 Å². The van der Waals surface area contributed by atoms with E-state index >= 15 is 0 Å². The summed E-state index contributed by atoms with van der Waals surface area (Å²) in [5, 5.41) is 0. The van der Waals surface area contributed by atoms with Crippen LogP contribution in [-0.4, -0.2) is 25.6 Å². The minimum atomic E-state index is -5.84. The zero-order valence-electron chi connectivity index (χ0n) is 21.9. The molecule has 1 aliphatic rings. The highest BCUT2D eigenvalue weighted by molar-refractivity contribution is 7.86. The second-order valence-electron chi connectivity index (χ2n) is 9.42. The fraction of sp³-hybridized carbons (Fsp3) is 0.0909. The number of halogens is 3. The average molecular weight is 575 g/mol. The lowest BCUT2D eigenvalue weighted by Gasteiger charge is -2.21. The molecule has 1 N–H and O–H groups in total. The van der Waals surface area contributed by atoms with Crippen LogP contribution in [0.1, 0.15) is 11.1 Å². The van der Waals surface area contributed by atoms with Gasteiger partial charge < -0.3 is 4.74 Å². The Balaban J connectivity index is 0.000000372. The number of rotatable bonds is 4.